The zero-order valence-corrected chi connectivity index (χ0v) is 15.4. The molecule has 0 bridgehead atoms. The average molecular weight is 357 g/mol. The van der Waals surface area contributed by atoms with Crippen LogP contribution in [0.2, 0.25) is 0 Å². The van der Waals surface area contributed by atoms with Gasteiger partial charge in [-0.05, 0) is 45.3 Å². The van der Waals surface area contributed by atoms with E-state index in [2.05, 4.69) is 20.9 Å². The molecule has 2 N–H and O–H groups in total. The van der Waals surface area contributed by atoms with Gasteiger partial charge in [-0.15, -0.1) is 5.10 Å². The highest BCUT2D eigenvalue weighted by Gasteiger charge is 2.22. The van der Waals surface area contributed by atoms with E-state index in [0.29, 0.717) is 18.3 Å². The Hall–Kier alpha value is -2.41. The summed E-state index contributed by atoms with van der Waals surface area (Å²) in [6.07, 6.45) is 4.53. The van der Waals surface area contributed by atoms with Crippen LogP contribution in [0.25, 0.3) is 0 Å². The maximum Gasteiger partial charge on any atom is 0.273 e. The Kier molecular flexibility index (Phi) is 6.22. The Morgan fingerprint density at radius 2 is 2.12 bits per heavy atom. The Morgan fingerprint density at radius 3 is 2.85 bits per heavy atom. The van der Waals surface area contributed by atoms with Crippen LogP contribution < -0.4 is 15.4 Å². The van der Waals surface area contributed by atoms with Gasteiger partial charge in [0.1, 0.15) is 5.75 Å². The van der Waals surface area contributed by atoms with Gasteiger partial charge in [0.15, 0.2) is 5.69 Å². The number of hydrogen-bond acceptors (Lipinski definition) is 5. The summed E-state index contributed by atoms with van der Waals surface area (Å²) in [5.74, 6) is 0.601. The molecule has 0 saturated carbocycles. The van der Waals surface area contributed by atoms with Crippen LogP contribution in [0.15, 0.2) is 30.5 Å². The highest BCUT2D eigenvalue weighted by molar-refractivity contribution is 5.92. The molecule has 1 aliphatic heterocycles. The lowest BCUT2D eigenvalue weighted by Gasteiger charge is -2.22. The topological polar surface area (TPSA) is 81.1 Å². The summed E-state index contributed by atoms with van der Waals surface area (Å²) in [4.78, 5) is 12.7. The fourth-order valence-electron chi connectivity index (χ4n) is 3.32. The highest BCUT2D eigenvalue weighted by atomic mass is 16.5. The molecule has 0 spiro atoms. The van der Waals surface area contributed by atoms with E-state index < -0.39 is 0 Å². The first kappa shape index (κ1) is 18.4. The van der Waals surface area contributed by atoms with Crippen molar-refractivity contribution < 1.29 is 9.53 Å². The van der Waals surface area contributed by atoms with E-state index >= 15 is 0 Å². The first-order valence-corrected chi connectivity index (χ1v) is 9.38. The average Bonchev–Trinajstić information content (AvgIpc) is 3.18. The maximum atomic E-state index is 12.7. The minimum absolute atomic E-state index is 0.130. The number of nitrogens with one attached hydrogen (secondary N) is 2. The van der Waals surface area contributed by atoms with E-state index in [1.165, 1.54) is 0 Å². The van der Waals surface area contributed by atoms with Gasteiger partial charge < -0.3 is 15.4 Å². The first-order chi connectivity index (χ1) is 12.7. The van der Waals surface area contributed by atoms with Gasteiger partial charge in [-0.3, -0.25) is 4.79 Å². The molecular weight excluding hydrogens is 330 g/mol. The highest BCUT2D eigenvalue weighted by Crippen LogP contribution is 2.27. The zero-order chi connectivity index (χ0) is 18.4. The molecule has 2 heterocycles. The van der Waals surface area contributed by atoms with E-state index in [1.807, 2.05) is 42.8 Å². The second-order valence-electron chi connectivity index (χ2n) is 6.47. The molecule has 1 saturated heterocycles. The molecule has 140 valence electrons. The third-order valence-electron chi connectivity index (χ3n) is 4.73. The number of para-hydroxylation sites is 1. The quantitative estimate of drug-likeness (QED) is 0.796. The second-order valence-corrected chi connectivity index (χ2v) is 6.47. The number of ether oxygens (including phenoxy) is 1. The summed E-state index contributed by atoms with van der Waals surface area (Å²) in [6, 6.07) is 8.00. The van der Waals surface area contributed by atoms with Crippen molar-refractivity contribution in [1.82, 2.24) is 25.6 Å². The van der Waals surface area contributed by atoms with Gasteiger partial charge in [0.05, 0.1) is 24.9 Å². The van der Waals surface area contributed by atoms with Gasteiger partial charge in [-0.2, -0.15) is 0 Å². The molecule has 1 aliphatic rings. The summed E-state index contributed by atoms with van der Waals surface area (Å²) in [7, 11) is 0. The first-order valence-electron chi connectivity index (χ1n) is 9.38. The van der Waals surface area contributed by atoms with Gasteiger partial charge in [0.25, 0.3) is 5.91 Å². The summed E-state index contributed by atoms with van der Waals surface area (Å²) in [5, 5.41) is 14.6. The molecule has 2 aromatic rings. The van der Waals surface area contributed by atoms with Crippen molar-refractivity contribution in [2.45, 2.75) is 45.2 Å². The molecule has 1 amide bonds. The molecule has 0 radical (unpaired) electrons. The SMILES string of the molecule is CCOc1ccccc1C(CC)NC(=O)c1cn(C2CCNCC2)nn1. The molecular formula is C19H27N5O2. The Morgan fingerprint density at radius 1 is 1.35 bits per heavy atom. The van der Waals surface area contributed by atoms with Crippen molar-refractivity contribution in [1.29, 1.82) is 0 Å². The second kappa shape index (κ2) is 8.80. The third kappa shape index (κ3) is 4.22. The molecule has 1 fully saturated rings. The number of aromatic nitrogens is 3. The van der Waals surface area contributed by atoms with E-state index in [4.69, 9.17) is 4.74 Å². The normalized spacial score (nSPS) is 16.2. The molecule has 1 aromatic carbocycles. The molecule has 7 nitrogen and oxygen atoms in total. The number of rotatable bonds is 7. The Labute approximate surface area is 154 Å². The molecule has 3 rings (SSSR count). The lowest BCUT2D eigenvalue weighted by atomic mass is 10.0. The van der Waals surface area contributed by atoms with Crippen LogP contribution in [0, 0.1) is 0 Å². The number of nitrogens with zero attached hydrogens (tertiary/aromatic N) is 3. The Bertz CT molecular complexity index is 724. The van der Waals surface area contributed by atoms with Crippen molar-refractivity contribution in [3.05, 3.63) is 41.7 Å². The smallest absolute Gasteiger partial charge is 0.273 e. The van der Waals surface area contributed by atoms with Crippen LogP contribution in [0.5, 0.6) is 5.75 Å². The van der Waals surface area contributed by atoms with Gasteiger partial charge in [-0.1, -0.05) is 30.3 Å². The lowest BCUT2D eigenvalue weighted by Crippen LogP contribution is -2.30. The van der Waals surface area contributed by atoms with Gasteiger partial charge in [-0.25, -0.2) is 4.68 Å². The van der Waals surface area contributed by atoms with Crippen LogP contribution in [-0.4, -0.2) is 40.6 Å². The van der Waals surface area contributed by atoms with Crippen molar-refractivity contribution >= 4 is 5.91 Å². The van der Waals surface area contributed by atoms with Crippen LogP contribution >= 0.6 is 0 Å². The summed E-state index contributed by atoms with van der Waals surface area (Å²) < 4.78 is 7.53. The largest absolute Gasteiger partial charge is 0.494 e. The molecule has 1 unspecified atom stereocenters. The standard InChI is InChI=1S/C19H27N5O2/c1-3-16(15-7-5-6-8-18(15)26-4-2)21-19(25)17-13-24(23-22-17)14-9-11-20-12-10-14/h5-8,13-14,16,20H,3-4,9-12H2,1-2H3,(H,21,25). The molecule has 1 aromatic heterocycles. The number of hydrogen-bond donors (Lipinski definition) is 2. The van der Waals surface area contributed by atoms with Gasteiger partial charge in [0.2, 0.25) is 0 Å². The number of piperidine rings is 1. The van der Waals surface area contributed by atoms with Crippen molar-refractivity contribution in [2.75, 3.05) is 19.7 Å². The summed E-state index contributed by atoms with van der Waals surface area (Å²) in [6.45, 7) is 6.53. The lowest BCUT2D eigenvalue weighted by molar-refractivity contribution is 0.0930. The van der Waals surface area contributed by atoms with E-state index in [9.17, 15) is 4.79 Å². The molecule has 0 aliphatic carbocycles. The number of carbonyl (C=O) groups is 1. The van der Waals surface area contributed by atoms with Crippen LogP contribution in [0.4, 0.5) is 0 Å². The van der Waals surface area contributed by atoms with Crippen molar-refractivity contribution in [3.8, 4) is 5.75 Å². The van der Waals surface area contributed by atoms with Gasteiger partial charge in [0, 0.05) is 5.56 Å². The predicted molar refractivity (Wildman–Crippen MR) is 99.3 cm³/mol. The molecule has 1 atom stereocenters. The zero-order valence-electron chi connectivity index (χ0n) is 15.4. The van der Waals surface area contributed by atoms with Crippen molar-refractivity contribution in [3.63, 3.8) is 0 Å². The fraction of sp³-hybridized carbons (Fsp3) is 0.526. The summed E-state index contributed by atoms with van der Waals surface area (Å²) in [5.41, 5.74) is 1.34. The molecule has 7 heteroatoms. The number of carbonyl (C=O) groups excluding carboxylic acids is 1. The summed E-state index contributed by atoms with van der Waals surface area (Å²) >= 11 is 0. The monoisotopic (exact) mass is 357 g/mol. The predicted octanol–water partition coefficient (Wildman–Crippen LogP) is 2.48. The van der Waals surface area contributed by atoms with Crippen molar-refractivity contribution in [2.24, 2.45) is 0 Å². The minimum Gasteiger partial charge on any atom is -0.494 e. The van der Waals surface area contributed by atoms with Crippen LogP contribution in [-0.2, 0) is 0 Å². The third-order valence-corrected chi connectivity index (χ3v) is 4.73. The number of benzene rings is 1. The maximum absolute atomic E-state index is 12.7. The minimum atomic E-state index is -0.205. The molecule has 26 heavy (non-hydrogen) atoms. The van der Waals surface area contributed by atoms with E-state index in [1.54, 1.807) is 6.20 Å². The van der Waals surface area contributed by atoms with E-state index in [-0.39, 0.29) is 11.9 Å². The fourth-order valence-corrected chi connectivity index (χ4v) is 3.32. The van der Waals surface area contributed by atoms with Crippen LogP contribution in [0.3, 0.4) is 0 Å². The Balaban J connectivity index is 1.71. The van der Waals surface area contributed by atoms with Crippen LogP contribution in [0.1, 0.15) is 61.2 Å². The van der Waals surface area contributed by atoms with Gasteiger partial charge >= 0.3 is 0 Å². The number of amides is 1. The van der Waals surface area contributed by atoms with E-state index in [0.717, 1.165) is 43.7 Å².